The van der Waals surface area contributed by atoms with Gasteiger partial charge < -0.3 is 0 Å². The van der Waals surface area contributed by atoms with E-state index in [4.69, 9.17) is 0 Å². The Morgan fingerprint density at radius 2 is 2.14 bits per heavy atom. The van der Waals surface area contributed by atoms with Crippen molar-refractivity contribution in [1.29, 1.82) is 0 Å². The molecule has 74 valence electrons. The van der Waals surface area contributed by atoms with Crippen molar-refractivity contribution >= 4 is 12.4 Å². The van der Waals surface area contributed by atoms with E-state index >= 15 is 0 Å². The Labute approximate surface area is 85.5 Å². The molecule has 0 radical (unpaired) electrons. The number of hydrogen-bond acceptors (Lipinski definition) is 1. The highest BCUT2D eigenvalue weighted by atomic mass is 16.1. The van der Waals surface area contributed by atoms with Gasteiger partial charge in [-0.2, -0.15) is 0 Å². The van der Waals surface area contributed by atoms with Crippen molar-refractivity contribution in [3.8, 4) is 0 Å². The molecule has 0 saturated heterocycles. The van der Waals surface area contributed by atoms with Crippen molar-refractivity contribution < 1.29 is 4.79 Å². The highest BCUT2D eigenvalue weighted by Gasteiger charge is 2.03. The van der Waals surface area contributed by atoms with Crippen LogP contribution in [0.15, 0.2) is 24.8 Å². The summed E-state index contributed by atoms with van der Waals surface area (Å²) in [7, 11) is 0. The summed E-state index contributed by atoms with van der Waals surface area (Å²) < 4.78 is 0. The van der Waals surface area contributed by atoms with Crippen LogP contribution in [0.5, 0.6) is 0 Å². The zero-order valence-electron chi connectivity index (χ0n) is 8.79. The zero-order chi connectivity index (χ0) is 10.6. The molecule has 0 aromatic heterocycles. The van der Waals surface area contributed by atoms with Crippen LogP contribution in [0.3, 0.4) is 0 Å². The molecule has 0 unspecified atom stereocenters. The summed E-state index contributed by atoms with van der Waals surface area (Å²) in [5.74, 6) is 0.621. The summed E-state index contributed by atoms with van der Waals surface area (Å²) in [5.41, 5.74) is 3.05. The maximum Gasteiger partial charge on any atom is 0.150 e. The maximum absolute atomic E-state index is 10.6. The van der Waals surface area contributed by atoms with Gasteiger partial charge in [0.2, 0.25) is 0 Å². The van der Waals surface area contributed by atoms with E-state index in [-0.39, 0.29) is 0 Å². The minimum Gasteiger partial charge on any atom is -0.298 e. The van der Waals surface area contributed by atoms with Gasteiger partial charge in [0.1, 0.15) is 6.29 Å². The molecule has 14 heavy (non-hydrogen) atoms. The lowest BCUT2D eigenvalue weighted by atomic mass is 9.96. The zero-order valence-corrected chi connectivity index (χ0v) is 8.79. The molecule has 1 aromatic carbocycles. The molecule has 1 rings (SSSR count). The molecular formula is C13H16O. The second-order valence-electron chi connectivity index (χ2n) is 3.88. The van der Waals surface area contributed by atoms with Gasteiger partial charge in [-0.05, 0) is 29.5 Å². The fourth-order valence-corrected chi connectivity index (χ4v) is 1.50. The number of aldehydes is 1. The first-order chi connectivity index (χ1) is 6.67. The molecule has 0 heterocycles. The summed E-state index contributed by atoms with van der Waals surface area (Å²) in [6.45, 7) is 8.12. The highest BCUT2D eigenvalue weighted by Crippen LogP contribution is 2.16. The minimum absolute atomic E-state index is 0.621. The van der Waals surface area contributed by atoms with Gasteiger partial charge in [0.05, 0.1) is 0 Å². The molecule has 0 spiro atoms. The third-order valence-corrected chi connectivity index (χ3v) is 2.15. The first-order valence-electron chi connectivity index (χ1n) is 4.88. The van der Waals surface area contributed by atoms with E-state index in [1.165, 1.54) is 5.56 Å². The molecule has 1 aromatic rings. The van der Waals surface area contributed by atoms with Crippen molar-refractivity contribution in [2.45, 2.75) is 20.3 Å². The van der Waals surface area contributed by atoms with Gasteiger partial charge in [-0.3, -0.25) is 4.79 Å². The topological polar surface area (TPSA) is 17.1 Å². The van der Waals surface area contributed by atoms with Crippen LogP contribution in [0, 0.1) is 5.92 Å². The van der Waals surface area contributed by atoms with E-state index in [0.29, 0.717) is 11.5 Å². The normalized spacial score (nSPS) is 10.2. The Balaban J connectivity index is 3.04. The van der Waals surface area contributed by atoms with Gasteiger partial charge in [0, 0.05) is 5.56 Å². The van der Waals surface area contributed by atoms with Crippen LogP contribution in [-0.2, 0) is 6.42 Å². The Hall–Kier alpha value is -1.37. The quantitative estimate of drug-likeness (QED) is 0.662. The number of carbonyl (C=O) groups is 1. The average Bonchev–Trinajstić information content (AvgIpc) is 2.17. The molecule has 0 fully saturated rings. The van der Waals surface area contributed by atoms with Crippen molar-refractivity contribution in [2.24, 2.45) is 5.92 Å². The number of benzene rings is 1. The smallest absolute Gasteiger partial charge is 0.150 e. The van der Waals surface area contributed by atoms with Crippen LogP contribution in [0.25, 0.3) is 6.08 Å². The molecule has 0 atom stereocenters. The molecule has 1 heteroatoms. The van der Waals surface area contributed by atoms with Crippen LogP contribution in [-0.4, -0.2) is 6.29 Å². The van der Waals surface area contributed by atoms with Crippen molar-refractivity contribution in [3.63, 3.8) is 0 Å². The molecule has 1 nitrogen and oxygen atoms in total. The highest BCUT2D eigenvalue weighted by molar-refractivity contribution is 5.76. The molecule has 0 bridgehead atoms. The van der Waals surface area contributed by atoms with Gasteiger partial charge in [-0.15, -0.1) is 0 Å². The van der Waals surface area contributed by atoms with Crippen molar-refractivity contribution in [1.82, 2.24) is 0 Å². The van der Waals surface area contributed by atoms with Gasteiger partial charge in [0.15, 0.2) is 0 Å². The molecule has 0 saturated carbocycles. The Morgan fingerprint density at radius 1 is 1.43 bits per heavy atom. The lowest BCUT2D eigenvalue weighted by Crippen LogP contribution is -1.97. The van der Waals surface area contributed by atoms with Gasteiger partial charge in [0.25, 0.3) is 0 Å². The number of hydrogen-bond donors (Lipinski definition) is 0. The predicted molar refractivity (Wildman–Crippen MR) is 60.5 cm³/mol. The van der Waals surface area contributed by atoms with E-state index in [2.05, 4.69) is 20.4 Å². The van der Waals surface area contributed by atoms with Crippen molar-refractivity contribution in [2.75, 3.05) is 0 Å². The average molecular weight is 188 g/mol. The van der Waals surface area contributed by atoms with Crippen LogP contribution < -0.4 is 0 Å². The fourth-order valence-electron chi connectivity index (χ4n) is 1.50. The first-order valence-corrected chi connectivity index (χ1v) is 4.88. The Kier molecular flexibility index (Phi) is 3.63. The monoisotopic (exact) mass is 188 g/mol. The van der Waals surface area contributed by atoms with Crippen LogP contribution in [0.4, 0.5) is 0 Å². The van der Waals surface area contributed by atoms with E-state index in [1.807, 2.05) is 24.3 Å². The molecular weight excluding hydrogens is 172 g/mol. The standard InChI is InChI=1S/C13H16O/c1-4-12-8-11(9-14)5-6-13(12)7-10(2)3/h4-6,8-10H,1,7H2,2-3H3. The second kappa shape index (κ2) is 4.75. The summed E-state index contributed by atoms with van der Waals surface area (Å²) in [5, 5.41) is 0. The van der Waals surface area contributed by atoms with Gasteiger partial charge >= 0.3 is 0 Å². The van der Waals surface area contributed by atoms with Gasteiger partial charge in [-0.1, -0.05) is 38.6 Å². The molecule has 0 aliphatic rings. The molecule has 0 aliphatic heterocycles. The van der Waals surface area contributed by atoms with E-state index < -0.39 is 0 Å². The van der Waals surface area contributed by atoms with E-state index in [9.17, 15) is 4.79 Å². The predicted octanol–water partition coefficient (Wildman–Crippen LogP) is 3.34. The maximum atomic E-state index is 10.6. The lowest BCUT2D eigenvalue weighted by molar-refractivity contribution is 0.112. The molecule has 0 aliphatic carbocycles. The van der Waals surface area contributed by atoms with E-state index in [0.717, 1.165) is 18.3 Å². The number of rotatable bonds is 4. The third kappa shape index (κ3) is 2.56. The van der Waals surface area contributed by atoms with Crippen molar-refractivity contribution in [3.05, 3.63) is 41.5 Å². The van der Waals surface area contributed by atoms with Gasteiger partial charge in [-0.25, -0.2) is 0 Å². The summed E-state index contributed by atoms with van der Waals surface area (Å²) in [6, 6.07) is 5.76. The summed E-state index contributed by atoms with van der Waals surface area (Å²) >= 11 is 0. The summed E-state index contributed by atoms with van der Waals surface area (Å²) in [6.07, 6.45) is 3.71. The lowest BCUT2D eigenvalue weighted by Gasteiger charge is -2.09. The van der Waals surface area contributed by atoms with Crippen LogP contribution >= 0.6 is 0 Å². The largest absolute Gasteiger partial charge is 0.298 e. The number of carbonyl (C=O) groups excluding carboxylic acids is 1. The Bertz CT molecular complexity index is 337. The summed E-state index contributed by atoms with van der Waals surface area (Å²) in [4.78, 5) is 10.6. The Morgan fingerprint density at radius 3 is 2.64 bits per heavy atom. The molecule has 0 amide bonds. The minimum atomic E-state index is 0.621. The SMILES string of the molecule is C=Cc1cc(C=O)ccc1CC(C)C. The van der Waals surface area contributed by atoms with E-state index in [1.54, 1.807) is 0 Å². The first kappa shape index (κ1) is 10.7. The fraction of sp³-hybridized carbons (Fsp3) is 0.308. The second-order valence-corrected chi connectivity index (χ2v) is 3.88. The van der Waals surface area contributed by atoms with Crippen LogP contribution in [0.1, 0.15) is 35.3 Å². The molecule has 0 N–H and O–H groups in total. The third-order valence-electron chi connectivity index (χ3n) is 2.15. The van der Waals surface area contributed by atoms with Crippen LogP contribution in [0.2, 0.25) is 0 Å².